The summed E-state index contributed by atoms with van der Waals surface area (Å²) in [6.07, 6.45) is 5.71. The van der Waals surface area contributed by atoms with Crippen molar-refractivity contribution in [2.45, 2.75) is 44.3 Å². The molecule has 0 bridgehead atoms. The number of carbonyl (C=O) groups is 1. The summed E-state index contributed by atoms with van der Waals surface area (Å²) in [4.78, 5) is 14.9. The summed E-state index contributed by atoms with van der Waals surface area (Å²) in [6, 6.07) is 0.433. The van der Waals surface area contributed by atoms with Gasteiger partial charge in [-0.2, -0.15) is 0 Å². The molecule has 1 fully saturated rings. The lowest BCUT2D eigenvalue weighted by Gasteiger charge is -2.33. The van der Waals surface area contributed by atoms with Crippen LogP contribution in [-0.4, -0.2) is 26.4 Å². The Balaban J connectivity index is 2.13. The van der Waals surface area contributed by atoms with Gasteiger partial charge in [-0.25, -0.2) is 4.98 Å². The third-order valence-corrected chi connectivity index (χ3v) is 4.46. The summed E-state index contributed by atoms with van der Waals surface area (Å²) in [7, 11) is 0. The van der Waals surface area contributed by atoms with Crippen LogP contribution in [0.3, 0.4) is 0 Å². The lowest BCUT2D eigenvalue weighted by Crippen LogP contribution is -2.24. The van der Waals surface area contributed by atoms with Gasteiger partial charge >= 0.3 is 5.97 Å². The number of aromatic nitrogens is 2. The first-order valence-electron chi connectivity index (χ1n) is 5.98. The Morgan fingerprint density at radius 1 is 1.71 bits per heavy atom. The highest BCUT2D eigenvalue weighted by molar-refractivity contribution is 7.99. The molecule has 1 atom stereocenters. The minimum atomic E-state index is -0.793. The second-order valence-corrected chi connectivity index (χ2v) is 5.61. The Hall–Kier alpha value is -0.970. The van der Waals surface area contributed by atoms with E-state index in [0.29, 0.717) is 6.04 Å². The molecule has 1 aromatic rings. The number of aryl methyl sites for hydroxylation is 1. The van der Waals surface area contributed by atoms with E-state index in [1.54, 1.807) is 0 Å². The maximum absolute atomic E-state index is 10.6. The van der Waals surface area contributed by atoms with Gasteiger partial charge in [-0.1, -0.05) is 18.2 Å². The molecule has 0 spiro atoms. The molecule has 1 aromatic heterocycles. The van der Waals surface area contributed by atoms with E-state index in [9.17, 15) is 4.79 Å². The predicted octanol–water partition coefficient (Wildman–Crippen LogP) is 2.73. The molecule has 2 rings (SSSR count). The highest BCUT2D eigenvalue weighted by Gasteiger charge is 2.27. The molecule has 1 saturated carbocycles. The van der Waals surface area contributed by atoms with Gasteiger partial charge in [0.15, 0.2) is 5.16 Å². The Labute approximate surface area is 105 Å². The molecular weight excluding hydrogens is 236 g/mol. The fraction of sp³-hybridized carbons (Fsp3) is 0.667. The third-order valence-electron chi connectivity index (χ3n) is 3.51. The number of hydrogen-bond acceptors (Lipinski definition) is 3. The maximum Gasteiger partial charge on any atom is 0.313 e. The molecule has 0 saturated heterocycles. The highest BCUT2D eigenvalue weighted by Crippen LogP contribution is 2.38. The van der Waals surface area contributed by atoms with Gasteiger partial charge in [-0.15, -0.1) is 0 Å². The average molecular weight is 254 g/mol. The van der Waals surface area contributed by atoms with Crippen LogP contribution in [0, 0.1) is 12.8 Å². The Kier molecular flexibility index (Phi) is 3.76. The van der Waals surface area contributed by atoms with Crippen molar-refractivity contribution in [3.63, 3.8) is 0 Å². The van der Waals surface area contributed by atoms with Gasteiger partial charge in [0.25, 0.3) is 0 Å². The first-order valence-corrected chi connectivity index (χ1v) is 6.96. The fourth-order valence-electron chi connectivity index (χ4n) is 2.29. The first-order chi connectivity index (χ1) is 8.09. The molecule has 1 heterocycles. The van der Waals surface area contributed by atoms with E-state index >= 15 is 0 Å². The maximum atomic E-state index is 10.6. The normalized spacial score (nSPS) is 17.8. The molecular formula is C12H18N2O2S. The Bertz CT molecular complexity index is 413. The second kappa shape index (κ2) is 5.12. The van der Waals surface area contributed by atoms with Gasteiger partial charge in [0, 0.05) is 17.9 Å². The molecule has 0 radical (unpaired) electrons. The molecule has 94 valence electrons. The number of aliphatic carboxylic acids is 1. The summed E-state index contributed by atoms with van der Waals surface area (Å²) in [5.41, 5.74) is 1.12. The molecule has 0 amide bonds. The van der Waals surface area contributed by atoms with Crippen molar-refractivity contribution in [3.8, 4) is 0 Å². The molecule has 1 aliphatic carbocycles. The van der Waals surface area contributed by atoms with Crippen LogP contribution in [0.5, 0.6) is 0 Å². The summed E-state index contributed by atoms with van der Waals surface area (Å²) in [6.45, 7) is 4.25. The van der Waals surface area contributed by atoms with Gasteiger partial charge in [0.2, 0.25) is 0 Å². The predicted molar refractivity (Wildman–Crippen MR) is 67.4 cm³/mol. The number of rotatable bonds is 5. The van der Waals surface area contributed by atoms with Crippen molar-refractivity contribution in [2.24, 2.45) is 5.92 Å². The number of thioether (sulfide) groups is 1. The van der Waals surface area contributed by atoms with E-state index in [1.807, 2.05) is 13.1 Å². The number of nitrogens with zero attached hydrogens (tertiary/aromatic N) is 2. The monoisotopic (exact) mass is 254 g/mol. The van der Waals surface area contributed by atoms with Crippen LogP contribution in [0.1, 0.15) is 37.9 Å². The van der Waals surface area contributed by atoms with Crippen LogP contribution in [0.2, 0.25) is 0 Å². The minimum absolute atomic E-state index is 0.0772. The summed E-state index contributed by atoms with van der Waals surface area (Å²) in [5.74, 6) is 0.0129. The number of imidazole rings is 1. The standard InChI is InChI=1S/C12H18N2O2S/c1-8-6-13-12(17-7-11(15)16)14(8)9(2)10-4-3-5-10/h6,9-10H,3-5,7H2,1-2H3,(H,15,16). The molecule has 5 heteroatoms. The summed E-state index contributed by atoms with van der Waals surface area (Å²) < 4.78 is 2.19. The van der Waals surface area contributed by atoms with E-state index < -0.39 is 5.97 Å². The molecule has 17 heavy (non-hydrogen) atoms. The van der Waals surface area contributed by atoms with Crippen molar-refractivity contribution in [2.75, 3.05) is 5.75 Å². The van der Waals surface area contributed by atoms with Crippen molar-refractivity contribution in [1.82, 2.24) is 9.55 Å². The largest absolute Gasteiger partial charge is 0.481 e. The lowest BCUT2D eigenvalue weighted by atomic mass is 9.80. The quantitative estimate of drug-likeness (QED) is 0.821. The van der Waals surface area contributed by atoms with Crippen molar-refractivity contribution in [3.05, 3.63) is 11.9 Å². The van der Waals surface area contributed by atoms with Crippen molar-refractivity contribution in [1.29, 1.82) is 0 Å². The zero-order valence-electron chi connectivity index (χ0n) is 10.2. The van der Waals surface area contributed by atoms with Gasteiger partial charge in [-0.05, 0) is 32.6 Å². The first kappa shape index (κ1) is 12.5. The molecule has 1 aliphatic rings. The number of carboxylic acids is 1. The zero-order valence-corrected chi connectivity index (χ0v) is 11.0. The van der Waals surface area contributed by atoms with E-state index in [1.165, 1.54) is 31.0 Å². The van der Waals surface area contributed by atoms with E-state index in [0.717, 1.165) is 16.8 Å². The zero-order chi connectivity index (χ0) is 12.4. The van der Waals surface area contributed by atoms with Gasteiger partial charge < -0.3 is 9.67 Å². The third kappa shape index (κ3) is 2.65. The molecule has 0 aromatic carbocycles. The topological polar surface area (TPSA) is 55.1 Å². The van der Waals surface area contributed by atoms with E-state index in [-0.39, 0.29) is 5.75 Å². The van der Waals surface area contributed by atoms with Gasteiger partial charge in [0.05, 0.1) is 5.75 Å². The second-order valence-electron chi connectivity index (χ2n) is 4.67. The Morgan fingerprint density at radius 2 is 2.41 bits per heavy atom. The van der Waals surface area contributed by atoms with Crippen LogP contribution >= 0.6 is 11.8 Å². The molecule has 4 nitrogen and oxygen atoms in total. The van der Waals surface area contributed by atoms with Gasteiger partial charge in [-0.3, -0.25) is 4.79 Å². The van der Waals surface area contributed by atoms with E-state index in [2.05, 4.69) is 16.5 Å². The van der Waals surface area contributed by atoms with Crippen LogP contribution in [-0.2, 0) is 4.79 Å². The Morgan fingerprint density at radius 3 is 2.94 bits per heavy atom. The smallest absolute Gasteiger partial charge is 0.313 e. The van der Waals surface area contributed by atoms with Crippen molar-refractivity contribution >= 4 is 17.7 Å². The molecule has 1 N–H and O–H groups in total. The minimum Gasteiger partial charge on any atom is -0.481 e. The number of carboxylic acid groups (broad SMARTS) is 1. The van der Waals surface area contributed by atoms with Crippen LogP contribution in [0.15, 0.2) is 11.4 Å². The average Bonchev–Trinajstić information content (AvgIpc) is 2.53. The van der Waals surface area contributed by atoms with Crippen molar-refractivity contribution < 1.29 is 9.90 Å². The number of hydrogen-bond donors (Lipinski definition) is 1. The molecule has 0 aliphatic heterocycles. The highest BCUT2D eigenvalue weighted by atomic mass is 32.2. The van der Waals surface area contributed by atoms with E-state index in [4.69, 9.17) is 5.11 Å². The molecule has 1 unspecified atom stereocenters. The fourth-order valence-corrected chi connectivity index (χ4v) is 3.11. The van der Waals surface area contributed by atoms with Crippen LogP contribution in [0.25, 0.3) is 0 Å². The van der Waals surface area contributed by atoms with Gasteiger partial charge in [0.1, 0.15) is 0 Å². The van der Waals surface area contributed by atoms with Crippen LogP contribution in [0.4, 0.5) is 0 Å². The van der Waals surface area contributed by atoms with Crippen LogP contribution < -0.4 is 0 Å². The SMILES string of the molecule is Cc1cnc(SCC(=O)O)n1C(C)C1CCC1. The summed E-state index contributed by atoms with van der Waals surface area (Å²) in [5, 5.41) is 9.56. The summed E-state index contributed by atoms with van der Waals surface area (Å²) >= 11 is 1.31. The lowest BCUT2D eigenvalue weighted by molar-refractivity contribution is -0.133.